The number of carbonyl (C=O) groups is 2. The molecule has 3 N–H and O–H groups in total. The van der Waals surface area contributed by atoms with E-state index in [2.05, 4.69) is 21.1 Å². The average Bonchev–Trinajstić information content (AvgIpc) is 2.94. The number of amides is 2. The number of nitrogens with zero attached hydrogens (tertiary/aromatic N) is 2. The summed E-state index contributed by atoms with van der Waals surface area (Å²) in [5.41, 5.74) is 6.85. The van der Waals surface area contributed by atoms with Gasteiger partial charge in [0.1, 0.15) is 11.9 Å². The fraction of sp³-hybridized carbons (Fsp3) is 0.353. The van der Waals surface area contributed by atoms with E-state index in [0.717, 1.165) is 22.4 Å². The maximum atomic E-state index is 12.8. The van der Waals surface area contributed by atoms with Crippen molar-refractivity contribution < 1.29 is 9.59 Å². The van der Waals surface area contributed by atoms with Gasteiger partial charge in [-0.2, -0.15) is 4.99 Å². The second kappa shape index (κ2) is 5.99. The van der Waals surface area contributed by atoms with Crippen molar-refractivity contribution in [1.82, 2.24) is 15.8 Å². The highest BCUT2D eigenvalue weighted by atomic mass is 16.2. The Morgan fingerprint density at radius 3 is 2.79 bits per heavy atom. The Labute approximate surface area is 140 Å². The van der Waals surface area contributed by atoms with Crippen molar-refractivity contribution in [1.29, 1.82) is 0 Å². The van der Waals surface area contributed by atoms with Crippen LogP contribution in [-0.4, -0.2) is 28.8 Å². The van der Waals surface area contributed by atoms with Crippen molar-refractivity contribution in [3.8, 4) is 0 Å². The molecule has 7 nitrogen and oxygen atoms in total. The lowest BCUT2D eigenvalue weighted by molar-refractivity contribution is -0.129. The molecule has 126 valence electrons. The summed E-state index contributed by atoms with van der Waals surface area (Å²) in [5.74, 6) is 0.553. The fourth-order valence-corrected chi connectivity index (χ4v) is 2.63. The Morgan fingerprint density at radius 2 is 2.08 bits per heavy atom. The summed E-state index contributed by atoms with van der Waals surface area (Å²) in [7, 11) is 0. The highest BCUT2D eigenvalue weighted by molar-refractivity contribution is 6.07. The van der Waals surface area contributed by atoms with Crippen LogP contribution in [0.25, 0.3) is 0 Å². The van der Waals surface area contributed by atoms with Gasteiger partial charge in [0.2, 0.25) is 17.8 Å². The Hall–Kier alpha value is -2.83. The van der Waals surface area contributed by atoms with E-state index in [9.17, 15) is 9.59 Å². The first-order valence-electron chi connectivity index (χ1n) is 7.85. The van der Waals surface area contributed by atoms with E-state index in [1.807, 2.05) is 45.9 Å². The molecule has 1 fully saturated rings. The number of fused-ring (bicyclic) bond motifs is 1. The summed E-state index contributed by atoms with van der Waals surface area (Å²) in [5, 5.41) is 7.23. The molecular formula is C17H21N5O2. The molecule has 0 aliphatic carbocycles. The Kier molecular flexibility index (Phi) is 4.01. The monoisotopic (exact) mass is 327 g/mol. The van der Waals surface area contributed by atoms with E-state index in [0.29, 0.717) is 11.8 Å². The van der Waals surface area contributed by atoms with Gasteiger partial charge in [0.25, 0.3) is 0 Å². The van der Waals surface area contributed by atoms with Gasteiger partial charge in [-0.25, -0.2) is 5.01 Å². The molecule has 1 atom stereocenters. The highest BCUT2D eigenvalue weighted by Crippen LogP contribution is 2.21. The lowest BCUT2D eigenvalue weighted by Gasteiger charge is -2.32. The van der Waals surface area contributed by atoms with Crippen molar-refractivity contribution in [2.75, 3.05) is 5.32 Å². The van der Waals surface area contributed by atoms with Crippen molar-refractivity contribution in [3.05, 3.63) is 40.7 Å². The second-order valence-electron chi connectivity index (χ2n) is 6.34. The molecule has 0 bridgehead atoms. The highest BCUT2D eigenvalue weighted by Gasteiger charge is 2.39. The number of anilines is 1. The summed E-state index contributed by atoms with van der Waals surface area (Å²) in [4.78, 5) is 29.0. The molecule has 1 aromatic carbocycles. The van der Waals surface area contributed by atoms with E-state index in [-0.39, 0.29) is 18.2 Å². The number of carbonyl (C=O) groups excluding carboxylic acids is 2. The molecule has 1 saturated heterocycles. The zero-order valence-electron chi connectivity index (χ0n) is 14.2. The molecule has 2 aliphatic heterocycles. The predicted octanol–water partition coefficient (Wildman–Crippen LogP) is 1.56. The lowest BCUT2D eigenvalue weighted by atomic mass is 10.1. The van der Waals surface area contributed by atoms with Gasteiger partial charge in [-0.05, 0) is 50.5 Å². The molecule has 7 heteroatoms. The van der Waals surface area contributed by atoms with E-state index < -0.39 is 6.04 Å². The van der Waals surface area contributed by atoms with Crippen molar-refractivity contribution in [2.24, 2.45) is 4.99 Å². The zero-order valence-corrected chi connectivity index (χ0v) is 14.2. The van der Waals surface area contributed by atoms with Crippen LogP contribution in [0.5, 0.6) is 0 Å². The van der Waals surface area contributed by atoms with Crippen LogP contribution >= 0.6 is 0 Å². The maximum absolute atomic E-state index is 12.8. The average molecular weight is 327 g/mol. The largest absolute Gasteiger partial charge is 0.324 e. The number of hydrogen-bond acceptors (Lipinski definition) is 5. The summed E-state index contributed by atoms with van der Waals surface area (Å²) >= 11 is 0. The minimum Gasteiger partial charge on any atom is -0.324 e. The van der Waals surface area contributed by atoms with Crippen LogP contribution in [0.4, 0.5) is 5.69 Å². The van der Waals surface area contributed by atoms with Gasteiger partial charge >= 0.3 is 0 Å². The van der Waals surface area contributed by atoms with Crippen LogP contribution in [0.3, 0.4) is 0 Å². The molecule has 0 aromatic heterocycles. The normalized spacial score (nSPS) is 19.2. The van der Waals surface area contributed by atoms with Gasteiger partial charge in [0.15, 0.2) is 0 Å². The molecule has 3 rings (SSSR count). The van der Waals surface area contributed by atoms with E-state index in [4.69, 9.17) is 0 Å². The van der Waals surface area contributed by atoms with Gasteiger partial charge in [-0.3, -0.25) is 20.3 Å². The number of allylic oxidation sites excluding steroid dienone is 1. The molecule has 1 unspecified atom stereocenters. The molecule has 0 saturated carbocycles. The number of hydrazine groups is 1. The number of hydrogen-bond donors (Lipinski definition) is 3. The van der Waals surface area contributed by atoms with Gasteiger partial charge in [0.05, 0.1) is 6.42 Å². The molecule has 1 aromatic rings. The van der Waals surface area contributed by atoms with Crippen LogP contribution in [0.2, 0.25) is 0 Å². The van der Waals surface area contributed by atoms with Crippen molar-refractivity contribution in [3.63, 3.8) is 0 Å². The SMILES string of the molecule is CC(C)=C1N=C2NC(=O)CC(C(=O)Nc3cc(C)ccc3C)N2N1. The Bertz CT molecular complexity index is 777. The third kappa shape index (κ3) is 2.97. The number of aliphatic imine (C=N–C) groups is 1. The molecular weight excluding hydrogens is 306 g/mol. The number of aryl methyl sites for hydroxylation is 2. The third-order valence-electron chi connectivity index (χ3n) is 4.04. The van der Waals surface area contributed by atoms with Crippen molar-refractivity contribution in [2.45, 2.75) is 40.2 Å². The van der Waals surface area contributed by atoms with Crippen LogP contribution < -0.4 is 16.1 Å². The summed E-state index contributed by atoms with van der Waals surface area (Å²) in [6.07, 6.45) is 0.0682. The fourth-order valence-electron chi connectivity index (χ4n) is 2.63. The summed E-state index contributed by atoms with van der Waals surface area (Å²) < 4.78 is 0. The number of nitrogens with one attached hydrogen (secondary N) is 3. The quantitative estimate of drug-likeness (QED) is 0.769. The minimum absolute atomic E-state index is 0.0682. The Balaban J connectivity index is 1.84. The Morgan fingerprint density at radius 1 is 1.33 bits per heavy atom. The lowest BCUT2D eigenvalue weighted by Crippen LogP contribution is -2.61. The molecule has 2 amide bonds. The molecule has 2 heterocycles. The topological polar surface area (TPSA) is 85.8 Å². The summed E-state index contributed by atoms with van der Waals surface area (Å²) in [6, 6.07) is 5.21. The maximum Gasteiger partial charge on any atom is 0.249 e. The molecule has 0 spiro atoms. The first-order valence-corrected chi connectivity index (χ1v) is 7.85. The van der Waals surface area contributed by atoms with E-state index >= 15 is 0 Å². The number of rotatable bonds is 2. The predicted molar refractivity (Wildman–Crippen MR) is 91.9 cm³/mol. The standard InChI is InChI=1S/C17H21N5O2/c1-9(2)15-20-17-19-14(23)8-13(22(17)21-15)16(24)18-12-7-10(3)5-6-11(12)4/h5-7,13,21H,8H2,1-4H3,(H,18,24)(H,19,20,23). The van der Waals surface area contributed by atoms with Crippen LogP contribution in [-0.2, 0) is 9.59 Å². The van der Waals surface area contributed by atoms with E-state index in [1.165, 1.54) is 0 Å². The van der Waals surface area contributed by atoms with Crippen LogP contribution in [0.1, 0.15) is 31.4 Å². The first kappa shape index (κ1) is 16.0. The van der Waals surface area contributed by atoms with Crippen LogP contribution in [0.15, 0.2) is 34.6 Å². The third-order valence-corrected chi connectivity index (χ3v) is 4.04. The first-order chi connectivity index (χ1) is 11.3. The molecule has 0 radical (unpaired) electrons. The number of guanidine groups is 1. The van der Waals surface area contributed by atoms with E-state index in [1.54, 1.807) is 5.01 Å². The van der Waals surface area contributed by atoms with Gasteiger partial charge < -0.3 is 5.32 Å². The van der Waals surface area contributed by atoms with Crippen LogP contribution in [0, 0.1) is 13.8 Å². The van der Waals surface area contributed by atoms with Gasteiger partial charge in [-0.15, -0.1) is 0 Å². The summed E-state index contributed by atoms with van der Waals surface area (Å²) in [6.45, 7) is 7.73. The second-order valence-corrected chi connectivity index (χ2v) is 6.34. The molecule has 24 heavy (non-hydrogen) atoms. The zero-order chi connectivity index (χ0) is 17.4. The van der Waals surface area contributed by atoms with Crippen molar-refractivity contribution >= 4 is 23.5 Å². The van der Waals surface area contributed by atoms with Gasteiger partial charge in [0, 0.05) is 5.69 Å². The smallest absolute Gasteiger partial charge is 0.249 e. The molecule has 2 aliphatic rings. The van der Waals surface area contributed by atoms with Gasteiger partial charge in [-0.1, -0.05) is 12.1 Å². The minimum atomic E-state index is -0.658. The number of benzene rings is 1.